The molecule has 2 aromatic rings. The molecule has 11 nitrogen and oxygen atoms in total. The Morgan fingerprint density at radius 3 is 2.38 bits per heavy atom. The third-order valence-corrected chi connectivity index (χ3v) is 4.52. The van der Waals surface area contributed by atoms with Crippen molar-refractivity contribution in [2.75, 3.05) is 13.7 Å². The van der Waals surface area contributed by atoms with Crippen molar-refractivity contribution in [1.82, 2.24) is 20.9 Å². The van der Waals surface area contributed by atoms with Crippen LogP contribution in [0.15, 0.2) is 36.5 Å². The second-order valence-corrected chi connectivity index (χ2v) is 8.52. The van der Waals surface area contributed by atoms with Gasteiger partial charge in [0.25, 0.3) is 0 Å². The van der Waals surface area contributed by atoms with E-state index in [2.05, 4.69) is 20.9 Å². The van der Waals surface area contributed by atoms with Gasteiger partial charge in [-0.1, -0.05) is 24.3 Å². The number of hydrogen-bond donors (Lipinski definition) is 4. The van der Waals surface area contributed by atoms with Gasteiger partial charge in [-0.15, -0.1) is 0 Å². The molecule has 2 unspecified atom stereocenters. The molecule has 0 spiro atoms. The number of carbonyl (C=O) groups excluding carboxylic acids is 3. The number of benzene rings is 1. The van der Waals surface area contributed by atoms with E-state index in [-0.39, 0.29) is 13.2 Å². The highest BCUT2D eigenvalue weighted by molar-refractivity contribution is 5.93. The van der Waals surface area contributed by atoms with Crippen LogP contribution in [-0.2, 0) is 30.4 Å². The number of para-hydroxylation sites is 1. The Kier molecular flexibility index (Phi) is 9.31. The molecule has 2 rings (SSSR count). The molecule has 0 aliphatic heterocycles. The molecule has 2 atom stereocenters. The Balaban J connectivity index is 2.07. The van der Waals surface area contributed by atoms with Crippen LogP contribution in [0.5, 0.6) is 0 Å². The van der Waals surface area contributed by atoms with Gasteiger partial charge in [0.05, 0.1) is 18.5 Å². The molecule has 3 amide bonds. The van der Waals surface area contributed by atoms with Crippen molar-refractivity contribution < 1.29 is 33.8 Å². The first-order valence-corrected chi connectivity index (χ1v) is 10.6. The average Bonchev–Trinajstić information content (AvgIpc) is 2.75. The van der Waals surface area contributed by atoms with Gasteiger partial charge < -0.3 is 30.5 Å². The molecule has 0 radical (unpaired) electrons. The number of fused-ring (bicyclic) bond motifs is 1. The van der Waals surface area contributed by atoms with E-state index in [1.807, 2.05) is 30.3 Å². The maximum Gasteiger partial charge on any atom is 0.408 e. The zero-order valence-electron chi connectivity index (χ0n) is 19.6. The molecule has 0 saturated carbocycles. The number of amides is 3. The number of alkyl carbamates (subject to hydrolysis) is 1. The van der Waals surface area contributed by atoms with Crippen molar-refractivity contribution in [3.8, 4) is 0 Å². The van der Waals surface area contributed by atoms with E-state index < -0.39 is 48.0 Å². The Morgan fingerprint density at radius 1 is 1.03 bits per heavy atom. The van der Waals surface area contributed by atoms with Crippen LogP contribution in [0.4, 0.5) is 4.79 Å². The molecule has 4 N–H and O–H groups in total. The van der Waals surface area contributed by atoms with Crippen LogP contribution in [0.1, 0.15) is 32.8 Å². The molecule has 34 heavy (non-hydrogen) atoms. The minimum atomic E-state index is -1.46. The van der Waals surface area contributed by atoms with Gasteiger partial charge in [-0.05, 0) is 32.4 Å². The van der Waals surface area contributed by atoms with E-state index in [4.69, 9.17) is 14.6 Å². The average molecular weight is 475 g/mol. The van der Waals surface area contributed by atoms with Crippen LogP contribution in [0, 0.1) is 0 Å². The van der Waals surface area contributed by atoms with E-state index in [1.54, 1.807) is 27.0 Å². The second kappa shape index (κ2) is 11.9. The highest BCUT2D eigenvalue weighted by atomic mass is 16.6. The summed E-state index contributed by atoms with van der Waals surface area (Å²) < 4.78 is 10.1. The number of carbonyl (C=O) groups is 4. The van der Waals surface area contributed by atoms with E-state index in [9.17, 15) is 19.2 Å². The highest BCUT2D eigenvalue weighted by Gasteiger charge is 2.30. The number of aromatic nitrogens is 1. The molecule has 0 aliphatic rings. The molecule has 184 valence electrons. The van der Waals surface area contributed by atoms with Crippen LogP contribution >= 0.6 is 0 Å². The monoisotopic (exact) mass is 474 g/mol. The summed E-state index contributed by atoms with van der Waals surface area (Å²) in [5.41, 5.74) is 0.675. The fourth-order valence-corrected chi connectivity index (χ4v) is 3.07. The maximum atomic E-state index is 12.8. The van der Waals surface area contributed by atoms with Crippen molar-refractivity contribution in [1.29, 1.82) is 0 Å². The number of rotatable bonds is 10. The van der Waals surface area contributed by atoms with Gasteiger partial charge in [0.2, 0.25) is 11.8 Å². The SMILES string of the molecule is COCC(NC(=O)C(CC(=O)O)NC(=O)OC(C)(C)C)C(=O)NCc1cccc2cccnc12. The molecule has 1 heterocycles. The van der Waals surface area contributed by atoms with Crippen LogP contribution < -0.4 is 16.0 Å². The maximum absolute atomic E-state index is 12.8. The summed E-state index contributed by atoms with van der Waals surface area (Å²) >= 11 is 0. The lowest BCUT2D eigenvalue weighted by Gasteiger charge is -2.24. The summed E-state index contributed by atoms with van der Waals surface area (Å²) in [7, 11) is 1.36. The molecule has 0 bridgehead atoms. The van der Waals surface area contributed by atoms with Crippen LogP contribution in [0.2, 0.25) is 0 Å². The second-order valence-electron chi connectivity index (χ2n) is 8.52. The minimum absolute atomic E-state index is 0.151. The first kappa shape index (κ1) is 26.5. The Bertz CT molecular complexity index is 1030. The summed E-state index contributed by atoms with van der Waals surface area (Å²) in [6.07, 6.45) is 0.000688. The lowest BCUT2D eigenvalue weighted by atomic mass is 10.1. The van der Waals surface area contributed by atoms with Gasteiger partial charge in [0.15, 0.2) is 0 Å². The minimum Gasteiger partial charge on any atom is -0.481 e. The number of nitrogens with zero attached hydrogens (tertiary/aromatic N) is 1. The number of ether oxygens (including phenoxy) is 2. The fraction of sp³-hybridized carbons (Fsp3) is 0.435. The lowest BCUT2D eigenvalue weighted by Crippen LogP contribution is -2.56. The predicted molar refractivity (Wildman–Crippen MR) is 123 cm³/mol. The van der Waals surface area contributed by atoms with E-state index in [1.165, 1.54) is 7.11 Å². The van der Waals surface area contributed by atoms with E-state index >= 15 is 0 Å². The number of carboxylic acids is 1. The van der Waals surface area contributed by atoms with Crippen LogP contribution in [0.3, 0.4) is 0 Å². The number of nitrogens with one attached hydrogen (secondary N) is 3. The summed E-state index contributed by atoms with van der Waals surface area (Å²) in [6.45, 7) is 4.87. The van der Waals surface area contributed by atoms with Crippen LogP contribution in [0.25, 0.3) is 10.9 Å². The topological polar surface area (TPSA) is 156 Å². The van der Waals surface area contributed by atoms with Gasteiger partial charge in [0, 0.05) is 25.2 Å². The third-order valence-electron chi connectivity index (χ3n) is 4.52. The molecular weight excluding hydrogens is 444 g/mol. The highest BCUT2D eigenvalue weighted by Crippen LogP contribution is 2.15. The van der Waals surface area contributed by atoms with Gasteiger partial charge in [0.1, 0.15) is 17.7 Å². The summed E-state index contributed by atoms with van der Waals surface area (Å²) in [5.74, 6) is -2.72. The summed E-state index contributed by atoms with van der Waals surface area (Å²) in [4.78, 5) is 53.1. The number of methoxy groups -OCH3 is 1. The molecule has 0 fully saturated rings. The number of aliphatic carboxylic acids is 1. The van der Waals surface area contributed by atoms with Crippen LogP contribution in [-0.4, -0.2) is 65.4 Å². The molecule has 1 aromatic heterocycles. The van der Waals surface area contributed by atoms with Crippen molar-refractivity contribution in [2.24, 2.45) is 0 Å². The van der Waals surface area contributed by atoms with Gasteiger partial charge in [-0.25, -0.2) is 4.79 Å². The summed E-state index contributed by atoms with van der Waals surface area (Å²) in [5, 5.41) is 17.5. The first-order valence-electron chi connectivity index (χ1n) is 10.6. The first-order chi connectivity index (χ1) is 16.0. The standard InChI is InChI=1S/C23H30N4O7/c1-23(2,3)34-22(32)27-16(11-18(28)29)21(31)26-17(13-33-4)20(30)25-12-15-8-5-7-14-9-6-10-24-19(14)15/h5-10,16-17H,11-13H2,1-4H3,(H,25,30)(H,26,31)(H,27,32)(H,28,29). The molecule has 1 aromatic carbocycles. The molecular formula is C23H30N4O7. The fourth-order valence-electron chi connectivity index (χ4n) is 3.07. The van der Waals surface area contributed by atoms with Gasteiger partial charge >= 0.3 is 12.1 Å². The summed E-state index contributed by atoms with van der Waals surface area (Å²) in [6, 6.07) is 6.71. The van der Waals surface area contributed by atoms with E-state index in [0.717, 1.165) is 16.5 Å². The Hall–Kier alpha value is -3.73. The normalized spacial score (nSPS) is 12.9. The molecule has 0 saturated heterocycles. The van der Waals surface area contributed by atoms with Crippen molar-refractivity contribution >= 4 is 34.8 Å². The number of hydrogen-bond acceptors (Lipinski definition) is 7. The quantitative estimate of drug-likeness (QED) is 0.402. The van der Waals surface area contributed by atoms with Crippen molar-refractivity contribution in [3.63, 3.8) is 0 Å². The zero-order valence-corrected chi connectivity index (χ0v) is 19.6. The van der Waals surface area contributed by atoms with Gasteiger partial charge in [-0.3, -0.25) is 19.4 Å². The third kappa shape index (κ3) is 8.32. The largest absolute Gasteiger partial charge is 0.481 e. The smallest absolute Gasteiger partial charge is 0.408 e. The molecule has 0 aliphatic carbocycles. The zero-order chi connectivity index (χ0) is 25.3. The predicted octanol–water partition coefficient (Wildman–Crippen LogP) is 1.35. The van der Waals surface area contributed by atoms with E-state index in [0.29, 0.717) is 0 Å². The Labute approximate surface area is 197 Å². The van der Waals surface area contributed by atoms with Gasteiger partial charge in [-0.2, -0.15) is 0 Å². The Morgan fingerprint density at radius 2 is 1.74 bits per heavy atom. The number of carboxylic acid groups (broad SMARTS) is 1. The molecule has 11 heteroatoms. The lowest BCUT2D eigenvalue weighted by molar-refractivity contribution is -0.140. The van der Waals surface area contributed by atoms with Crippen molar-refractivity contribution in [2.45, 2.75) is 51.4 Å². The number of pyridine rings is 1. The van der Waals surface area contributed by atoms with Crippen molar-refractivity contribution in [3.05, 3.63) is 42.1 Å².